The number of benzene rings is 1. The molecule has 1 heterocycles. The van der Waals surface area contributed by atoms with Crippen LogP contribution in [-0.4, -0.2) is 42.8 Å². The van der Waals surface area contributed by atoms with Crippen LogP contribution in [0.5, 0.6) is 5.75 Å². The number of carboxylic acids is 1. The largest absolute Gasteiger partial charge is 0.493 e. The molecule has 0 radical (unpaired) electrons. The van der Waals surface area contributed by atoms with Gasteiger partial charge in [-0.25, -0.2) is 0 Å². The Hall–Kier alpha value is -2.08. The fourth-order valence-electron chi connectivity index (χ4n) is 2.19. The van der Waals surface area contributed by atoms with Crippen LogP contribution in [-0.2, 0) is 14.3 Å². The van der Waals surface area contributed by atoms with E-state index in [-0.39, 0.29) is 32.1 Å². The van der Waals surface area contributed by atoms with E-state index in [0.29, 0.717) is 0 Å². The van der Waals surface area contributed by atoms with Crippen LogP contribution >= 0.6 is 0 Å². The molecule has 1 fully saturated rings. The normalized spacial score (nSPS) is 21.0. The number of carboxylic acid groups (broad SMARTS) is 1. The lowest BCUT2D eigenvalue weighted by Crippen LogP contribution is -2.43. The van der Waals surface area contributed by atoms with Crippen LogP contribution < -0.4 is 10.1 Å². The first kappa shape index (κ1) is 15.3. The summed E-state index contributed by atoms with van der Waals surface area (Å²) < 4.78 is 10.6. The molecule has 2 atom stereocenters. The molecule has 0 bridgehead atoms. The highest BCUT2D eigenvalue weighted by Crippen LogP contribution is 2.16. The Kier molecular flexibility index (Phi) is 5.16. The maximum absolute atomic E-state index is 11.8. The average molecular weight is 293 g/mol. The first-order valence-corrected chi connectivity index (χ1v) is 6.86. The van der Waals surface area contributed by atoms with Crippen molar-refractivity contribution in [3.05, 3.63) is 29.8 Å². The smallest absolute Gasteiger partial charge is 0.311 e. The van der Waals surface area contributed by atoms with E-state index in [1.165, 1.54) is 0 Å². The van der Waals surface area contributed by atoms with E-state index in [9.17, 15) is 9.59 Å². The van der Waals surface area contributed by atoms with Gasteiger partial charge in [0.1, 0.15) is 11.7 Å². The minimum Gasteiger partial charge on any atom is -0.493 e. The number of aryl methyl sites for hydroxylation is 1. The quantitative estimate of drug-likeness (QED) is 0.816. The van der Waals surface area contributed by atoms with Gasteiger partial charge in [-0.1, -0.05) is 18.2 Å². The molecule has 0 spiro atoms. The third-order valence-electron chi connectivity index (χ3n) is 3.42. The summed E-state index contributed by atoms with van der Waals surface area (Å²) in [5, 5.41) is 11.7. The van der Waals surface area contributed by atoms with E-state index in [1.54, 1.807) is 0 Å². The Morgan fingerprint density at radius 2 is 2.14 bits per heavy atom. The van der Waals surface area contributed by atoms with Gasteiger partial charge in [0, 0.05) is 0 Å². The maximum Gasteiger partial charge on any atom is 0.311 e. The molecule has 114 valence electrons. The van der Waals surface area contributed by atoms with Crippen molar-refractivity contribution < 1.29 is 24.2 Å². The lowest BCUT2D eigenvalue weighted by atomic mass is 10.0. The molecule has 1 amide bonds. The molecule has 6 nitrogen and oxygen atoms in total. The van der Waals surface area contributed by atoms with Gasteiger partial charge in [0.2, 0.25) is 5.91 Å². The highest BCUT2D eigenvalue weighted by atomic mass is 16.5. The molecule has 2 unspecified atom stereocenters. The first-order valence-electron chi connectivity index (χ1n) is 6.86. The lowest BCUT2D eigenvalue weighted by molar-refractivity contribution is -0.142. The molecule has 0 saturated carbocycles. The Labute approximate surface area is 123 Å². The molecule has 0 aliphatic carbocycles. The van der Waals surface area contributed by atoms with E-state index in [4.69, 9.17) is 14.6 Å². The number of hydrogen-bond donors (Lipinski definition) is 2. The van der Waals surface area contributed by atoms with Gasteiger partial charge in [0.25, 0.3) is 0 Å². The minimum absolute atomic E-state index is 0.139. The number of ether oxygens (including phenoxy) is 2. The van der Waals surface area contributed by atoms with Gasteiger partial charge in [0.15, 0.2) is 0 Å². The summed E-state index contributed by atoms with van der Waals surface area (Å²) in [6, 6.07) is 7.10. The summed E-state index contributed by atoms with van der Waals surface area (Å²) >= 11 is 0. The Morgan fingerprint density at radius 3 is 2.86 bits per heavy atom. The molecule has 2 rings (SSSR count). The van der Waals surface area contributed by atoms with Crippen molar-refractivity contribution in [2.24, 2.45) is 5.92 Å². The van der Waals surface area contributed by atoms with E-state index >= 15 is 0 Å². The molecule has 21 heavy (non-hydrogen) atoms. The van der Waals surface area contributed by atoms with Gasteiger partial charge >= 0.3 is 5.97 Å². The number of nitrogens with one attached hydrogen (secondary N) is 1. The van der Waals surface area contributed by atoms with Gasteiger partial charge < -0.3 is 19.9 Å². The number of rotatable bonds is 6. The van der Waals surface area contributed by atoms with E-state index in [0.717, 1.165) is 11.3 Å². The minimum atomic E-state index is -0.950. The predicted molar refractivity (Wildman–Crippen MR) is 75.2 cm³/mol. The Morgan fingerprint density at radius 1 is 1.38 bits per heavy atom. The highest BCUT2D eigenvalue weighted by Gasteiger charge is 2.34. The molecule has 2 N–H and O–H groups in total. The standard InChI is InChI=1S/C15H19NO5/c1-10-4-2-3-5-13(10)21-7-6-14(17)16-12-9-20-8-11(12)15(18)19/h2-5,11-12H,6-9H2,1H3,(H,16,17)(H,18,19). The molecule has 1 aromatic carbocycles. The highest BCUT2D eigenvalue weighted by molar-refractivity contribution is 5.78. The molecule has 1 aliphatic heterocycles. The van der Waals surface area contributed by atoms with Crippen molar-refractivity contribution in [3.63, 3.8) is 0 Å². The third-order valence-corrected chi connectivity index (χ3v) is 3.42. The second-order valence-electron chi connectivity index (χ2n) is 5.02. The van der Waals surface area contributed by atoms with Crippen molar-refractivity contribution in [2.75, 3.05) is 19.8 Å². The van der Waals surface area contributed by atoms with Crippen molar-refractivity contribution in [1.29, 1.82) is 0 Å². The summed E-state index contributed by atoms with van der Waals surface area (Å²) in [6.07, 6.45) is 0.178. The summed E-state index contributed by atoms with van der Waals surface area (Å²) in [4.78, 5) is 22.8. The summed E-state index contributed by atoms with van der Waals surface area (Å²) in [5.41, 5.74) is 1.01. The zero-order valence-electron chi connectivity index (χ0n) is 11.9. The topological polar surface area (TPSA) is 84.9 Å². The molecule has 1 aliphatic rings. The van der Waals surface area contributed by atoms with Crippen LogP contribution in [0.1, 0.15) is 12.0 Å². The average Bonchev–Trinajstić information content (AvgIpc) is 2.89. The second kappa shape index (κ2) is 7.08. The summed E-state index contributed by atoms with van der Waals surface area (Å²) in [5.74, 6) is -1.11. The van der Waals surface area contributed by atoms with Gasteiger partial charge in [-0.15, -0.1) is 0 Å². The van der Waals surface area contributed by atoms with Crippen LogP contribution in [0.4, 0.5) is 0 Å². The monoisotopic (exact) mass is 293 g/mol. The van der Waals surface area contributed by atoms with E-state index in [1.807, 2.05) is 31.2 Å². The molecule has 0 aromatic heterocycles. The number of aliphatic carboxylic acids is 1. The molecule has 1 aromatic rings. The Bertz CT molecular complexity index is 517. The van der Waals surface area contributed by atoms with E-state index < -0.39 is 17.9 Å². The molecule has 1 saturated heterocycles. The van der Waals surface area contributed by atoms with Crippen LogP contribution in [0.15, 0.2) is 24.3 Å². The molecule has 6 heteroatoms. The number of amides is 1. The number of hydrogen-bond acceptors (Lipinski definition) is 4. The van der Waals surface area contributed by atoms with Crippen LogP contribution in [0.3, 0.4) is 0 Å². The SMILES string of the molecule is Cc1ccccc1OCCC(=O)NC1COCC1C(=O)O. The number of carbonyl (C=O) groups is 2. The zero-order chi connectivity index (χ0) is 15.2. The second-order valence-corrected chi connectivity index (χ2v) is 5.02. The fourth-order valence-corrected chi connectivity index (χ4v) is 2.19. The first-order chi connectivity index (χ1) is 10.1. The number of para-hydroxylation sites is 1. The van der Waals surface area contributed by atoms with Crippen LogP contribution in [0.25, 0.3) is 0 Å². The molecular formula is C15H19NO5. The van der Waals surface area contributed by atoms with Gasteiger partial charge in [-0.05, 0) is 18.6 Å². The number of carbonyl (C=O) groups excluding carboxylic acids is 1. The van der Waals surface area contributed by atoms with Gasteiger partial charge in [-0.2, -0.15) is 0 Å². The van der Waals surface area contributed by atoms with Crippen molar-refractivity contribution in [2.45, 2.75) is 19.4 Å². The fraction of sp³-hybridized carbons (Fsp3) is 0.467. The van der Waals surface area contributed by atoms with Gasteiger partial charge in [-0.3, -0.25) is 9.59 Å². The summed E-state index contributed by atoms with van der Waals surface area (Å²) in [6.45, 7) is 2.56. The van der Waals surface area contributed by atoms with Crippen LogP contribution in [0.2, 0.25) is 0 Å². The lowest BCUT2D eigenvalue weighted by Gasteiger charge is -2.16. The maximum atomic E-state index is 11.8. The predicted octanol–water partition coefficient (Wildman–Crippen LogP) is 0.980. The molecular weight excluding hydrogens is 274 g/mol. The zero-order valence-corrected chi connectivity index (χ0v) is 11.9. The van der Waals surface area contributed by atoms with E-state index in [2.05, 4.69) is 5.32 Å². The van der Waals surface area contributed by atoms with Gasteiger partial charge in [0.05, 0.1) is 32.3 Å². The van der Waals surface area contributed by atoms with Crippen LogP contribution in [0, 0.1) is 12.8 Å². The van der Waals surface area contributed by atoms with Crippen molar-refractivity contribution >= 4 is 11.9 Å². The Balaban J connectivity index is 1.75. The van der Waals surface area contributed by atoms with Crippen molar-refractivity contribution in [3.8, 4) is 5.75 Å². The van der Waals surface area contributed by atoms with Crippen molar-refractivity contribution in [1.82, 2.24) is 5.32 Å². The summed E-state index contributed by atoms with van der Waals surface area (Å²) in [7, 11) is 0. The third kappa shape index (κ3) is 4.19.